The van der Waals surface area contributed by atoms with E-state index in [2.05, 4.69) is 20.9 Å². The molecule has 13 heteroatoms. The number of alkyl carbamates (subject to hydrolysis) is 1. The highest BCUT2D eigenvalue weighted by Crippen LogP contribution is 2.31. The van der Waals surface area contributed by atoms with Crippen LogP contribution in [0.2, 0.25) is 0 Å². The Labute approximate surface area is 250 Å². The summed E-state index contributed by atoms with van der Waals surface area (Å²) in [6.45, 7) is 5.95. The van der Waals surface area contributed by atoms with Crippen molar-refractivity contribution in [3.05, 3.63) is 89.6 Å². The van der Waals surface area contributed by atoms with E-state index in [4.69, 9.17) is 4.74 Å². The lowest BCUT2D eigenvalue weighted by atomic mass is 10.0. The van der Waals surface area contributed by atoms with Crippen LogP contribution >= 0.6 is 0 Å². The van der Waals surface area contributed by atoms with Crippen LogP contribution in [0.4, 0.5) is 18.0 Å². The first-order chi connectivity index (χ1) is 20.7. The number of aromatic nitrogens is 3. The van der Waals surface area contributed by atoms with E-state index in [-0.39, 0.29) is 11.5 Å². The lowest BCUT2D eigenvalue weighted by molar-refractivity contribution is -0.137. The number of amides is 2. The molecule has 3 N–H and O–H groups in total. The molecule has 0 saturated carbocycles. The van der Waals surface area contributed by atoms with Gasteiger partial charge in [0.05, 0.1) is 23.0 Å². The van der Waals surface area contributed by atoms with Crippen LogP contribution in [-0.2, 0) is 10.9 Å². The van der Waals surface area contributed by atoms with Gasteiger partial charge < -0.3 is 20.5 Å². The van der Waals surface area contributed by atoms with Crippen molar-refractivity contribution in [1.82, 2.24) is 25.6 Å². The average molecular weight is 610 g/mol. The fraction of sp³-hybridized carbons (Fsp3) is 0.258. The van der Waals surface area contributed by atoms with Crippen molar-refractivity contribution in [2.75, 3.05) is 13.1 Å². The van der Waals surface area contributed by atoms with Crippen LogP contribution < -0.4 is 10.6 Å². The smallest absolute Gasteiger partial charge is 0.416 e. The van der Waals surface area contributed by atoms with E-state index in [0.29, 0.717) is 53.1 Å². The molecular formula is C31H30F3N5O5. The summed E-state index contributed by atoms with van der Waals surface area (Å²) in [7, 11) is 0. The van der Waals surface area contributed by atoms with Gasteiger partial charge in [-0.15, -0.1) is 5.10 Å². The van der Waals surface area contributed by atoms with Crippen molar-refractivity contribution in [2.45, 2.75) is 39.0 Å². The van der Waals surface area contributed by atoms with Gasteiger partial charge in [0, 0.05) is 24.2 Å². The summed E-state index contributed by atoms with van der Waals surface area (Å²) >= 11 is 0. The highest BCUT2D eigenvalue weighted by molar-refractivity contribution is 5.95. The molecule has 3 aromatic carbocycles. The van der Waals surface area contributed by atoms with Crippen molar-refractivity contribution in [3.63, 3.8) is 0 Å². The summed E-state index contributed by atoms with van der Waals surface area (Å²) < 4.78 is 45.2. The quantitative estimate of drug-likeness (QED) is 0.199. The highest BCUT2D eigenvalue weighted by Gasteiger charge is 2.30. The van der Waals surface area contributed by atoms with Gasteiger partial charge in [-0.3, -0.25) is 4.79 Å². The predicted octanol–water partition coefficient (Wildman–Crippen LogP) is 5.96. The van der Waals surface area contributed by atoms with Crippen molar-refractivity contribution < 1.29 is 37.4 Å². The van der Waals surface area contributed by atoms with E-state index in [1.54, 1.807) is 51.1 Å². The number of nitrogens with zero attached hydrogens (tertiary/aromatic N) is 3. The van der Waals surface area contributed by atoms with Gasteiger partial charge in [-0.25, -0.2) is 14.3 Å². The van der Waals surface area contributed by atoms with Crippen molar-refractivity contribution >= 4 is 18.0 Å². The van der Waals surface area contributed by atoms with Crippen molar-refractivity contribution in [3.8, 4) is 28.1 Å². The number of hydrogen-bond acceptors (Lipinski definition) is 6. The number of carboxylic acids is 1. The van der Waals surface area contributed by atoms with Crippen LogP contribution in [0.25, 0.3) is 28.1 Å². The number of halogens is 3. The SMILES string of the molecule is CC(C)(C)OC(=O)NCCCNC(=O)c1ccc(-c2cc(C(=O)O)cc(-n3cc(-c4ccc(C(F)(F)F)cc4)nn3)c2)cc1. The molecule has 1 aromatic heterocycles. The molecule has 0 spiro atoms. The Hall–Kier alpha value is -5.20. The molecule has 0 aliphatic rings. The second kappa shape index (κ2) is 13.0. The number of hydrogen-bond donors (Lipinski definition) is 3. The van der Waals surface area contributed by atoms with Crippen LogP contribution in [-0.4, -0.2) is 56.8 Å². The number of ether oxygens (including phenoxy) is 1. The summed E-state index contributed by atoms with van der Waals surface area (Å²) in [4.78, 5) is 36.1. The molecule has 0 aliphatic carbocycles. The average Bonchev–Trinajstić information content (AvgIpc) is 3.46. The van der Waals surface area contributed by atoms with Gasteiger partial charge in [0.15, 0.2) is 0 Å². The molecule has 230 valence electrons. The fourth-order valence-corrected chi connectivity index (χ4v) is 4.10. The number of alkyl halides is 3. The summed E-state index contributed by atoms with van der Waals surface area (Å²) in [5.41, 5.74) is 1.23. The molecule has 44 heavy (non-hydrogen) atoms. The van der Waals surface area contributed by atoms with Gasteiger partial charge in [-0.05, 0) is 80.8 Å². The number of nitrogens with one attached hydrogen (secondary N) is 2. The van der Waals surface area contributed by atoms with Gasteiger partial charge in [0.2, 0.25) is 0 Å². The number of aromatic carboxylic acids is 1. The van der Waals surface area contributed by atoms with Crippen LogP contribution in [0.5, 0.6) is 0 Å². The molecule has 4 rings (SSSR count). The Morgan fingerprint density at radius 1 is 0.841 bits per heavy atom. The maximum Gasteiger partial charge on any atom is 0.416 e. The summed E-state index contributed by atoms with van der Waals surface area (Å²) in [6.07, 6.45) is -3.01. The highest BCUT2D eigenvalue weighted by atomic mass is 19.4. The van der Waals surface area contributed by atoms with Gasteiger partial charge in [-0.1, -0.05) is 29.5 Å². The Balaban J connectivity index is 1.44. The molecule has 2 amide bonds. The molecular weight excluding hydrogens is 579 g/mol. The molecule has 1 heterocycles. The largest absolute Gasteiger partial charge is 0.478 e. The molecule has 0 atom stereocenters. The zero-order valence-corrected chi connectivity index (χ0v) is 24.1. The third-order valence-electron chi connectivity index (χ3n) is 6.22. The van der Waals surface area contributed by atoms with Crippen molar-refractivity contribution in [2.24, 2.45) is 0 Å². The Kier molecular flexibility index (Phi) is 9.36. The monoisotopic (exact) mass is 609 g/mol. The summed E-state index contributed by atoms with van der Waals surface area (Å²) in [5.74, 6) is -1.49. The Bertz CT molecular complexity index is 1640. The third kappa shape index (κ3) is 8.43. The van der Waals surface area contributed by atoms with Crippen molar-refractivity contribution in [1.29, 1.82) is 0 Å². The van der Waals surface area contributed by atoms with Gasteiger partial charge in [0.25, 0.3) is 5.91 Å². The zero-order chi connectivity index (χ0) is 32.1. The van der Waals surface area contributed by atoms with E-state index >= 15 is 0 Å². The lowest BCUT2D eigenvalue weighted by Crippen LogP contribution is -2.34. The number of carbonyl (C=O) groups is 3. The first-order valence-corrected chi connectivity index (χ1v) is 13.5. The molecule has 0 fully saturated rings. The van der Waals surface area contributed by atoms with Gasteiger partial charge in [0.1, 0.15) is 11.3 Å². The Morgan fingerprint density at radius 3 is 2.09 bits per heavy atom. The van der Waals surface area contributed by atoms with Crippen LogP contribution in [0.1, 0.15) is 53.5 Å². The fourth-order valence-electron chi connectivity index (χ4n) is 4.10. The Morgan fingerprint density at radius 2 is 1.48 bits per heavy atom. The van der Waals surface area contributed by atoms with Crippen LogP contribution in [0, 0.1) is 0 Å². The normalized spacial score (nSPS) is 11.6. The molecule has 0 radical (unpaired) electrons. The predicted molar refractivity (Wildman–Crippen MR) is 155 cm³/mol. The maximum atomic E-state index is 12.9. The minimum atomic E-state index is -4.46. The first kappa shape index (κ1) is 31.7. The molecule has 0 aliphatic heterocycles. The third-order valence-corrected chi connectivity index (χ3v) is 6.22. The molecule has 0 bridgehead atoms. The molecule has 0 saturated heterocycles. The van der Waals surface area contributed by atoms with E-state index < -0.39 is 29.4 Å². The van der Waals surface area contributed by atoms with Crippen LogP contribution in [0.3, 0.4) is 0 Å². The standard InChI is InChI=1S/C31H30F3N5O5/c1-30(2,3)44-29(43)36-14-4-13-35-27(40)21-7-5-19(6-8-21)22-15-23(28(41)42)17-25(16-22)39-18-26(37-38-39)20-9-11-24(12-10-20)31(32,33)34/h5-12,15-18H,4,13-14H2,1-3H3,(H,35,40)(H,36,43)(H,41,42). The first-order valence-electron chi connectivity index (χ1n) is 13.5. The summed E-state index contributed by atoms with van der Waals surface area (Å²) in [5, 5.41) is 23.2. The molecule has 0 unspecified atom stereocenters. The van der Waals surface area contributed by atoms with E-state index in [9.17, 15) is 32.7 Å². The second-order valence-electron chi connectivity index (χ2n) is 10.8. The molecule has 10 nitrogen and oxygen atoms in total. The zero-order valence-electron chi connectivity index (χ0n) is 24.1. The molecule has 4 aromatic rings. The van der Waals surface area contributed by atoms with Gasteiger partial charge in [-0.2, -0.15) is 13.2 Å². The number of carboxylic acid groups (broad SMARTS) is 1. The van der Waals surface area contributed by atoms with E-state index in [1.165, 1.54) is 35.1 Å². The maximum absolute atomic E-state index is 12.9. The lowest BCUT2D eigenvalue weighted by Gasteiger charge is -2.19. The minimum absolute atomic E-state index is 0.0223. The number of carbonyl (C=O) groups excluding carboxylic acids is 2. The van der Waals surface area contributed by atoms with E-state index in [1.807, 2.05) is 0 Å². The van der Waals surface area contributed by atoms with Crippen LogP contribution in [0.15, 0.2) is 72.9 Å². The van der Waals surface area contributed by atoms with Gasteiger partial charge >= 0.3 is 18.2 Å². The topological polar surface area (TPSA) is 135 Å². The number of benzene rings is 3. The van der Waals surface area contributed by atoms with E-state index in [0.717, 1.165) is 12.1 Å². The second-order valence-corrected chi connectivity index (χ2v) is 10.8. The number of rotatable bonds is 9. The summed E-state index contributed by atoms with van der Waals surface area (Å²) in [6, 6.07) is 15.6. The minimum Gasteiger partial charge on any atom is -0.478 e.